The van der Waals surface area contributed by atoms with Gasteiger partial charge in [-0.15, -0.1) is 11.3 Å². The van der Waals surface area contributed by atoms with E-state index in [9.17, 15) is 0 Å². The molecule has 0 amide bonds. The molecule has 5 rings (SSSR count). The molecule has 1 aromatic heterocycles. The summed E-state index contributed by atoms with van der Waals surface area (Å²) in [5.41, 5.74) is 2.97. The lowest BCUT2D eigenvalue weighted by Crippen LogP contribution is -2.15. The van der Waals surface area contributed by atoms with Gasteiger partial charge in [-0.25, -0.2) is 4.98 Å². The Morgan fingerprint density at radius 1 is 0.680 bits per heavy atom. The Morgan fingerprint density at radius 3 is 1.92 bits per heavy atom. The fraction of sp³-hybridized carbons (Fsp3) is 0.211. The fourth-order valence-corrected chi connectivity index (χ4v) is 3.74. The van der Waals surface area contributed by atoms with Crippen LogP contribution < -0.4 is 18.9 Å². The van der Waals surface area contributed by atoms with Gasteiger partial charge in [0.1, 0.15) is 31.4 Å². The smallest absolute Gasteiger partial charge is 0.162 e. The number of rotatable bonds is 2. The molecule has 0 radical (unpaired) electrons. The molecule has 0 N–H and O–H groups in total. The Kier molecular flexibility index (Phi) is 3.48. The van der Waals surface area contributed by atoms with Gasteiger partial charge in [0.25, 0.3) is 0 Å². The maximum Gasteiger partial charge on any atom is 0.162 e. The summed E-state index contributed by atoms with van der Waals surface area (Å²) in [4.78, 5) is 4.77. The second-order valence-corrected chi connectivity index (χ2v) is 6.61. The summed E-state index contributed by atoms with van der Waals surface area (Å²) in [6.45, 7) is 2.35. The van der Waals surface area contributed by atoms with Gasteiger partial charge in [-0.1, -0.05) is 0 Å². The van der Waals surface area contributed by atoms with Crippen molar-refractivity contribution in [3.8, 4) is 44.8 Å². The second-order valence-electron chi connectivity index (χ2n) is 5.75. The minimum Gasteiger partial charge on any atom is -0.486 e. The Hall–Kier alpha value is -2.73. The summed E-state index contributed by atoms with van der Waals surface area (Å²) >= 11 is 1.61. The van der Waals surface area contributed by atoms with Crippen molar-refractivity contribution < 1.29 is 18.9 Å². The van der Waals surface area contributed by atoms with Crippen LogP contribution in [0.2, 0.25) is 0 Å². The molecular formula is C19H15NO4S. The van der Waals surface area contributed by atoms with Crippen molar-refractivity contribution in [2.24, 2.45) is 0 Å². The van der Waals surface area contributed by atoms with E-state index in [-0.39, 0.29) is 0 Å². The summed E-state index contributed by atoms with van der Waals surface area (Å²) in [6.07, 6.45) is 0. The average molecular weight is 353 g/mol. The highest BCUT2D eigenvalue weighted by molar-refractivity contribution is 7.13. The quantitative estimate of drug-likeness (QED) is 0.696. The van der Waals surface area contributed by atoms with Crippen molar-refractivity contribution in [2.45, 2.75) is 0 Å². The predicted octanol–water partition coefficient (Wildman–Crippen LogP) is 4.02. The molecule has 2 aliphatic rings. The van der Waals surface area contributed by atoms with Crippen LogP contribution in [0, 0.1) is 0 Å². The first-order valence-electron chi connectivity index (χ1n) is 8.12. The molecule has 0 bridgehead atoms. The van der Waals surface area contributed by atoms with Crippen LogP contribution in [0.1, 0.15) is 0 Å². The zero-order valence-electron chi connectivity index (χ0n) is 13.4. The van der Waals surface area contributed by atoms with Crippen molar-refractivity contribution in [1.82, 2.24) is 4.98 Å². The molecule has 3 heterocycles. The molecule has 25 heavy (non-hydrogen) atoms. The van der Waals surface area contributed by atoms with Gasteiger partial charge in [-0.3, -0.25) is 0 Å². The highest BCUT2D eigenvalue weighted by atomic mass is 32.1. The maximum absolute atomic E-state index is 5.66. The highest BCUT2D eigenvalue weighted by Crippen LogP contribution is 2.38. The predicted molar refractivity (Wildman–Crippen MR) is 95.0 cm³/mol. The van der Waals surface area contributed by atoms with Crippen molar-refractivity contribution in [1.29, 1.82) is 0 Å². The number of fused-ring (bicyclic) bond motifs is 2. The first-order valence-corrected chi connectivity index (χ1v) is 9.00. The minimum atomic E-state index is 0.579. The van der Waals surface area contributed by atoms with Crippen LogP contribution >= 0.6 is 11.3 Å². The fourth-order valence-electron chi connectivity index (χ4n) is 2.92. The van der Waals surface area contributed by atoms with Crippen molar-refractivity contribution in [3.63, 3.8) is 0 Å². The number of thiazole rings is 1. The van der Waals surface area contributed by atoms with E-state index in [1.807, 2.05) is 36.4 Å². The number of aromatic nitrogens is 1. The number of hydrogen-bond acceptors (Lipinski definition) is 6. The first kappa shape index (κ1) is 14.6. The van der Waals surface area contributed by atoms with Crippen LogP contribution in [0.25, 0.3) is 21.8 Å². The third-order valence-electron chi connectivity index (χ3n) is 4.13. The molecule has 2 aromatic carbocycles. The number of benzene rings is 2. The van der Waals surface area contributed by atoms with E-state index < -0.39 is 0 Å². The van der Waals surface area contributed by atoms with Gasteiger partial charge in [-0.05, 0) is 36.4 Å². The van der Waals surface area contributed by atoms with Crippen LogP contribution in [0.3, 0.4) is 0 Å². The summed E-state index contributed by atoms with van der Waals surface area (Å²) in [6, 6.07) is 11.9. The topological polar surface area (TPSA) is 49.8 Å². The molecule has 0 fully saturated rings. The molecule has 5 nitrogen and oxygen atoms in total. The minimum absolute atomic E-state index is 0.579. The van der Waals surface area contributed by atoms with E-state index >= 15 is 0 Å². The van der Waals surface area contributed by atoms with E-state index in [4.69, 9.17) is 23.9 Å². The molecule has 3 aromatic rings. The van der Waals surface area contributed by atoms with Crippen LogP contribution in [0.4, 0.5) is 0 Å². The van der Waals surface area contributed by atoms with Crippen molar-refractivity contribution in [3.05, 3.63) is 41.8 Å². The lowest BCUT2D eigenvalue weighted by molar-refractivity contribution is 0.171. The van der Waals surface area contributed by atoms with Gasteiger partial charge in [0.15, 0.2) is 23.0 Å². The van der Waals surface area contributed by atoms with Crippen LogP contribution in [0.15, 0.2) is 41.8 Å². The molecule has 2 aliphatic heterocycles. The van der Waals surface area contributed by atoms with Gasteiger partial charge in [0, 0.05) is 16.5 Å². The number of hydrogen-bond donors (Lipinski definition) is 0. The van der Waals surface area contributed by atoms with Gasteiger partial charge >= 0.3 is 0 Å². The third kappa shape index (κ3) is 2.68. The molecule has 6 heteroatoms. The molecule has 0 saturated heterocycles. The molecule has 0 spiro atoms. The Bertz CT molecular complexity index is 863. The van der Waals surface area contributed by atoms with Crippen molar-refractivity contribution >= 4 is 11.3 Å². The highest BCUT2D eigenvalue weighted by Gasteiger charge is 2.16. The second kappa shape index (κ2) is 5.97. The summed E-state index contributed by atoms with van der Waals surface area (Å²) in [7, 11) is 0. The summed E-state index contributed by atoms with van der Waals surface area (Å²) < 4.78 is 22.5. The van der Waals surface area contributed by atoms with Gasteiger partial charge in [-0.2, -0.15) is 0 Å². The Balaban J connectivity index is 1.47. The molecule has 0 saturated carbocycles. The van der Waals surface area contributed by atoms with Gasteiger partial charge in [0.2, 0.25) is 0 Å². The standard InChI is InChI=1S/C19H15NO4S/c1-3-15-17(23-7-5-21-15)9-12(1)14-11-25-19(20-14)13-2-4-16-18(10-13)24-8-6-22-16/h1-4,9-11H,5-8H2. The zero-order chi connectivity index (χ0) is 16.6. The molecule has 0 aliphatic carbocycles. The van der Waals surface area contributed by atoms with Crippen molar-refractivity contribution in [2.75, 3.05) is 26.4 Å². The third-order valence-corrected chi connectivity index (χ3v) is 5.02. The molecule has 126 valence electrons. The Labute approximate surface area is 148 Å². The summed E-state index contributed by atoms with van der Waals surface area (Å²) in [5, 5.41) is 3.00. The van der Waals surface area contributed by atoms with Gasteiger partial charge in [0.05, 0.1) is 5.69 Å². The van der Waals surface area contributed by atoms with Crippen LogP contribution in [0.5, 0.6) is 23.0 Å². The molecular weight excluding hydrogens is 338 g/mol. The van der Waals surface area contributed by atoms with E-state index in [1.54, 1.807) is 11.3 Å². The van der Waals surface area contributed by atoms with Crippen LogP contribution in [-0.2, 0) is 0 Å². The maximum atomic E-state index is 5.66. The summed E-state index contributed by atoms with van der Waals surface area (Å²) in [5.74, 6) is 3.13. The molecule has 0 atom stereocenters. The van der Waals surface area contributed by atoms with E-state index in [1.165, 1.54) is 0 Å². The van der Waals surface area contributed by atoms with E-state index in [0.717, 1.165) is 44.8 Å². The SMILES string of the molecule is c1cc2c(cc1-c1csc(-c3ccc4c(c3)OCCO4)n1)OCCO2. The van der Waals surface area contributed by atoms with Crippen LogP contribution in [-0.4, -0.2) is 31.4 Å². The monoisotopic (exact) mass is 353 g/mol. The largest absolute Gasteiger partial charge is 0.486 e. The van der Waals surface area contributed by atoms with E-state index in [0.29, 0.717) is 26.4 Å². The number of ether oxygens (including phenoxy) is 4. The average Bonchev–Trinajstić information content (AvgIpc) is 3.17. The lowest BCUT2D eigenvalue weighted by atomic mass is 10.1. The zero-order valence-corrected chi connectivity index (χ0v) is 14.2. The lowest BCUT2D eigenvalue weighted by Gasteiger charge is -2.18. The Morgan fingerprint density at radius 2 is 1.24 bits per heavy atom. The first-order chi connectivity index (χ1) is 12.4. The van der Waals surface area contributed by atoms with E-state index in [2.05, 4.69) is 5.38 Å². The normalized spacial score (nSPS) is 15.0. The molecule has 0 unspecified atom stereocenters. The number of nitrogens with zero attached hydrogens (tertiary/aromatic N) is 1. The van der Waals surface area contributed by atoms with Gasteiger partial charge < -0.3 is 18.9 Å².